The Labute approximate surface area is 112 Å². The van der Waals surface area contributed by atoms with E-state index in [-0.39, 0.29) is 11.9 Å². The molecule has 0 fully saturated rings. The predicted octanol–water partition coefficient (Wildman–Crippen LogP) is 2.24. The van der Waals surface area contributed by atoms with Crippen LogP contribution in [0.25, 0.3) is 0 Å². The lowest BCUT2D eigenvalue weighted by Gasteiger charge is -2.17. The molecule has 0 aliphatic heterocycles. The maximum Gasteiger partial charge on any atom is 0.146 e. The summed E-state index contributed by atoms with van der Waals surface area (Å²) in [6.07, 6.45) is 5.04. The molecule has 102 valence electrons. The van der Waals surface area contributed by atoms with Crippen LogP contribution >= 0.6 is 0 Å². The van der Waals surface area contributed by atoms with Crippen molar-refractivity contribution in [3.05, 3.63) is 47.8 Å². The number of pyridine rings is 1. The molecule has 1 atom stereocenters. The molecule has 2 heterocycles. The SMILES string of the molecule is CCNC(CCc1ccnn1C)c1ncccc1F. The van der Waals surface area contributed by atoms with E-state index in [9.17, 15) is 4.39 Å². The number of nitrogens with zero attached hydrogens (tertiary/aromatic N) is 3. The van der Waals surface area contributed by atoms with Crippen LogP contribution in [0.5, 0.6) is 0 Å². The van der Waals surface area contributed by atoms with Gasteiger partial charge in [-0.25, -0.2) is 4.39 Å². The largest absolute Gasteiger partial charge is 0.309 e. The van der Waals surface area contributed by atoms with Gasteiger partial charge in [0.05, 0.1) is 11.7 Å². The number of aryl methyl sites for hydroxylation is 2. The molecule has 1 N–H and O–H groups in total. The molecular weight excluding hydrogens is 243 g/mol. The fourth-order valence-corrected chi connectivity index (χ4v) is 2.17. The molecule has 0 aromatic carbocycles. The lowest BCUT2D eigenvalue weighted by molar-refractivity contribution is 0.466. The van der Waals surface area contributed by atoms with Gasteiger partial charge in [-0.1, -0.05) is 6.92 Å². The summed E-state index contributed by atoms with van der Waals surface area (Å²) in [5.41, 5.74) is 1.63. The van der Waals surface area contributed by atoms with E-state index in [2.05, 4.69) is 15.4 Å². The van der Waals surface area contributed by atoms with Crippen LogP contribution in [0.15, 0.2) is 30.6 Å². The molecule has 0 bridgehead atoms. The highest BCUT2D eigenvalue weighted by atomic mass is 19.1. The minimum Gasteiger partial charge on any atom is -0.309 e. The Hall–Kier alpha value is -1.75. The topological polar surface area (TPSA) is 42.7 Å². The van der Waals surface area contributed by atoms with Crippen LogP contribution in [-0.4, -0.2) is 21.3 Å². The molecule has 1 unspecified atom stereocenters. The van der Waals surface area contributed by atoms with Gasteiger partial charge < -0.3 is 5.32 Å². The van der Waals surface area contributed by atoms with Crippen molar-refractivity contribution < 1.29 is 4.39 Å². The number of rotatable bonds is 6. The minimum absolute atomic E-state index is 0.0684. The van der Waals surface area contributed by atoms with Crippen LogP contribution in [0.4, 0.5) is 4.39 Å². The Bertz CT molecular complexity index is 524. The number of aromatic nitrogens is 3. The van der Waals surface area contributed by atoms with Crippen molar-refractivity contribution in [2.75, 3.05) is 6.54 Å². The molecule has 19 heavy (non-hydrogen) atoms. The standard InChI is InChI=1S/C14H19FN4/c1-3-16-13(14-12(15)5-4-9-17-14)7-6-11-8-10-18-19(11)2/h4-5,8-10,13,16H,3,6-7H2,1-2H3. The first kappa shape index (κ1) is 13.7. The Morgan fingerprint density at radius 1 is 1.37 bits per heavy atom. The highest BCUT2D eigenvalue weighted by molar-refractivity contribution is 5.12. The summed E-state index contributed by atoms with van der Waals surface area (Å²) in [7, 11) is 1.92. The van der Waals surface area contributed by atoms with Gasteiger partial charge in [0.2, 0.25) is 0 Å². The zero-order valence-electron chi connectivity index (χ0n) is 11.3. The van der Waals surface area contributed by atoms with Gasteiger partial charge in [-0.15, -0.1) is 0 Å². The highest BCUT2D eigenvalue weighted by Gasteiger charge is 2.16. The lowest BCUT2D eigenvalue weighted by atomic mass is 10.1. The summed E-state index contributed by atoms with van der Waals surface area (Å²) in [6, 6.07) is 4.98. The summed E-state index contributed by atoms with van der Waals surface area (Å²) in [4.78, 5) is 4.16. The summed E-state index contributed by atoms with van der Waals surface area (Å²) < 4.78 is 15.6. The van der Waals surface area contributed by atoms with E-state index in [0.29, 0.717) is 5.69 Å². The molecule has 0 amide bonds. The first-order valence-corrected chi connectivity index (χ1v) is 6.53. The fraction of sp³-hybridized carbons (Fsp3) is 0.429. The molecule has 0 aliphatic carbocycles. The second-order valence-electron chi connectivity index (χ2n) is 4.47. The van der Waals surface area contributed by atoms with Crippen LogP contribution in [0.3, 0.4) is 0 Å². The third kappa shape index (κ3) is 3.38. The van der Waals surface area contributed by atoms with Crippen molar-refractivity contribution in [3.63, 3.8) is 0 Å². The number of nitrogens with one attached hydrogen (secondary N) is 1. The maximum atomic E-state index is 13.8. The summed E-state index contributed by atoms with van der Waals surface area (Å²) in [5.74, 6) is -0.251. The second kappa shape index (κ2) is 6.43. The molecule has 0 aliphatic rings. The van der Waals surface area contributed by atoms with Crippen molar-refractivity contribution in [3.8, 4) is 0 Å². The molecule has 0 saturated heterocycles. The Balaban J connectivity index is 2.09. The maximum absolute atomic E-state index is 13.8. The van der Waals surface area contributed by atoms with Gasteiger partial charge in [-0.05, 0) is 37.6 Å². The molecule has 2 aromatic rings. The predicted molar refractivity (Wildman–Crippen MR) is 72.1 cm³/mol. The van der Waals surface area contributed by atoms with Crippen molar-refractivity contribution in [2.24, 2.45) is 7.05 Å². The van der Waals surface area contributed by atoms with Gasteiger partial charge in [-0.3, -0.25) is 9.67 Å². The molecule has 4 nitrogen and oxygen atoms in total. The average Bonchev–Trinajstić information content (AvgIpc) is 2.81. The van der Waals surface area contributed by atoms with Crippen molar-refractivity contribution >= 4 is 0 Å². The molecule has 0 saturated carbocycles. The minimum atomic E-state index is -0.251. The third-order valence-corrected chi connectivity index (χ3v) is 3.18. The summed E-state index contributed by atoms with van der Waals surface area (Å²) in [5, 5.41) is 7.43. The first-order valence-electron chi connectivity index (χ1n) is 6.53. The zero-order valence-corrected chi connectivity index (χ0v) is 11.3. The molecule has 5 heteroatoms. The van der Waals surface area contributed by atoms with E-state index in [1.807, 2.05) is 24.7 Å². The van der Waals surface area contributed by atoms with Crippen molar-refractivity contribution in [1.29, 1.82) is 0 Å². The van der Waals surface area contributed by atoms with Gasteiger partial charge >= 0.3 is 0 Å². The van der Waals surface area contributed by atoms with E-state index in [1.165, 1.54) is 6.07 Å². The van der Waals surface area contributed by atoms with Gasteiger partial charge in [0, 0.05) is 25.1 Å². The molecule has 0 radical (unpaired) electrons. The number of halogens is 1. The molecule has 0 spiro atoms. The molecule has 2 aromatic heterocycles. The monoisotopic (exact) mass is 262 g/mol. The van der Waals surface area contributed by atoms with Gasteiger partial charge in [-0.2, -0.15) is 5.10 Å². The normalized spacial score (nSPS) is 12.6. The Morgan fingerprint density at radius 2 is 2.21 bits per heavy atom. The Morgan fingerprint density at radius 3 is 2.84 bits per heavy atom. The smallest absolute Gasteiger partial charge is 0.146 e. The third-order valence-electron chi connectivity index (χ3n) is 3.18. The second-order valence-corrected chi connectivity index (χ2v) is 4.47. The van der Waals surface area contributed by atoms with Crippen LogP contribution in [0.1, 0.15) is 30.8 Å². The fourth-order valence-electron chi connectivity index (χ4n) is 2.17. The van der Waals surface area contributed by atoms with E-state index in [1.54, 1.807) is 18.5 Å². The summed E-state index contributed by atoms with van der Waals surface area (Å²) in [6.45, 7) is 2.80. The average molecular weight is 262 g/mol. The summed E-state index contributed by atoms with van der Waals surface area (Å²) >= 11 is 0. The van der Waals surface area contributed by atoms with E-state index < -0.39 is 0 Å². The van der Waals surface area contributed by atoms with Gasteiger partial charge in [0.1, 0.15) is 5.82 Å². The number of hydrogen-bond donors (Lipinski definition) is 1. The van der Waals surface area contributed by atoms with Crippen LogP contribution in [-0.2, 0) is 13.5 Å². The Kier molecular flexibility index (Phi) is 4.63. The van der Waals surface area contributed by atoms with E-state index in [0.717, 1.165) is 25.1 Å². The zero-order chi connectivity index (χ0) is 13.7. The highest BCUT2D eigenvalue weighted by Crippen LogP contribution is 2.19. The van der Waals surface area contributed by atoms with E-state index in [4.69, 9.17) is 0 Å². The quantitative estimate of drug-likeness (QED) is 0.868. The van der Waals surface area contributed by atoms with E-state index >= 15 is 0 Å². The van der Waals surface area contributed by atoms with Crippen LogP contribution < -0.4 is 5.32 Å². The van der Waals surface area contributed by atoms with Crippen LogP contribution in [0, 0.1) is 5.82 Å². The van der Waals surface area contributed by atoms with Crippen LogP contribution in [0.2, 0.25) is 0 Å². The molecule has 2 rings (SSSR count). The van der Waals surface area contributed by atoms with Gasteiger partial charge in [0.25, 0.3) is 0 Å². The van der Waals surface area contributed by atoms with Gasteiger partial charge in [0.15, 0.2) is 0 Å². The van der Waals surface area contributed by atoms with Crippen molar-refractivity contribution in [1.82, 2.24) is 20.1 Å². The molecular formula is C14H19FN4. The lowest BCUT2D eigenvalue weighted by Crippen LogP contribution is -2.23. The van der Waals surface area contributed by atoms with Crippen molar-refractivity contribution in [2.45, 2.75) is 25.8 Å². The first-order chi connectivity index (χ1) is 9.22. The number of hydrogen-bond acceptors (Lipinski definition) is 3.